The second-order valence-electron chi connectivity index (χ2n) is 3.00. The summed E-state index contributed by atoms with van der Waals surface area (Å²) in [6.07, 6.45) is 0.647. The molecule has 0 fully saturated rings. The van der Waals surface area contributed by atoms with Crippen LogP contribution in [0.5, 0.6) is 0 Å². The van der Waals surface area contributed by atoms with E-state index in [4.69, 9.17) is 5.11 Å². The van der Waals surface area contributed by atoms with Crippen molar-refractivity contribution in [3.05, 3.63) is 33.4 Å². The monoisotopic (exact) mass is 292 g/mol. The predicted molar refractivity (Wildman–Crippen MR) is 60.6 cm³/mol. The van der Waals surface area contributed by atoms with Gasteiger partial charge in [-0.05, 0) is 53.1 Å². The van der Waals surface area contributed by atoms with Gasteiger partial charge in [0.25, 0.3) is 0 Å². The molecular weight excluding hydrogens is 279 g/mol. The van der Waals surface area contributed by atoms with E-state index in [1.165, 1.54) is 3.57 Å². The fourth-order valence-corrected chi connectivity index (χ4v) is 1.50. The van der Waals surface area contributed by atoms with Gasteiger partial charge in [0.2, 0.25) is 0 Å². The van der Waals surface area contributed by atoms with Crippen LogP contribution in [-0.2, 0) is 6.42 Å². The zero-order valence-corrected chi connectivity index (χ0v) is 9.44. The highest BCUT2D eigenvalue weighted by Gasteiger charge is 2.03. The molecule has 1 aromatic rings. The summed E-state index contributed by atoms with van der Waals surface area (Å²) < 4.78 is 1.19. The molecule has 2 nitrogen and oxygen atoms in total. The molecule has 0 bridgehead atoms. The van der Waals surface area contributed by atoms with Crippen LogP contribution in [0.2, 0.25) is 0 Å². The second-order valence-corrected chi connectivity index (χ2v) is 4.24. The minimum atomic E-state index is -0.426. The molecule has 1 rings (SSSR count). The first kappa shape index (κ1) is 10.9. The Kier molecular flexibility index (Phi) is 4.69. The topological polar surface area (TPSA) is 40.5 Å². The van der Waals surface area contributed by atoms with Crippen LogP contribution >= 0.6 is 22.6 Å². The number of rotatable bonds is 4. The van der Waals surface area contributed by atoms with Crippen LogP contribution in [0.15, 0.2) is 24.3 Å². The fraction of sp³-hybridized carbons (Fsp3) is 0.400. The molecule has 0 saturated heterocycles. The summed E-state index contributed by atoms with van der Waals surface area (Å²) in [5, 5.41) is 18.0. The maximum Gasteiger partial charge on any atom is 0.0602 e. The Bertz CT molecular complexity index is 246. The van der Waals surface area contributed by atoms with Crippen molar-refractivity contribution < 1.29 is 10.2 Å². The Hall–Kier alpha value is -0.130. The van der Waals surface area contributed by atoms with Crippen molar-refractivity contribution in [2.24, 2.45) is 0 Å². The molecule has 1 atom stereocenters. The highest BCUT2D eigenvalue weighted by Crippen LogP contribution is 2.09. The normalized spacial score (nSPS) is 12.8. The highest BCUT2D eigenvalue weighted by molar-refractivity contribution is 14.1. The molecule has 0 amide bonds. The van der Waals surface area contributed by atoms with E-state index in [1.807, 2.05) is 24.3 Å². The number of aliphatic hydroxyl groups excluding tert-OH is 2. The molecule has 0 aliphatic rings. The van der Waals surface area contributed by atoms with Gasteiger partial charge < -0.3 is 10.2 Å². The molecule has 0 aromatic heterocycles. The lowest BCUT2D eigenvalue weighted by Crippen LogP contribution is -2.12. The standard InChI is InChI=1S/C10H13IO2/c11-9-3-1-8(2-4-9)7-10(13)5-6-12/h1-4,10,12-13H,5-7H2. The quantitative estimate of drug-likeness (QED) is 0.827. The van der Waals surface area contributed by atoms with Crippen molar-refractivity contribution in [1.82, 2.24) is 0 Å². The van der Waals surface area contributed by atoms with Crippen molar-refractivity contribution in [3.63, 3.8) is 0 Å². The molecule has 2 N–H and O–H groups in total. The third kappa shape index (κ3) is 4.06. The van der Waals surface area contributed by atoms with Gasteiger partial charge in [-0.2, -0.15) is 0 Å². The summed E-state index contributed by atoms with van der Waals surface area (Å²) in [5.41, 5.74) is 1.11. The molecule has 1 unspecified atom stereocenters. The molecule has 0 aliphatic carbocycles. The minimum Gasteiger partial charge on any atom is -0.396 e. The van der Waals surface area contributed by atoms with E-state index in [0.29, 0.717) is 12.8 Å². The zero-order chi connectivity index (χ0) is 9.68. The minimum absolute atomic E-state index is 0.0472. The first-order valence-corrected chi connectivity index (χ1v) is 5.33. The maximum absolute atomic E-state index is 9.41. The average Bonchev–Trinajstić information content (AvgIpc) is 2.09. The molecule has 1 aromatic carbocycles. The van der Waals surface area contributed by atoms with E-state index in [2.05, 4.69) is 22.6 Å². The van der Waals surface area contributed by atoms with E-state index in [-0.39, 0.29) is 6.61 Å². The lowest BCUT2D eigenvalue weighted by Gasteiger charge is -2.08. The Morgan fingerprint density at radius 3 is 2.38 bits per heavy atom. The van der Waals surface area contributed by atoms with Crippen LogP contribution in [0.1, 0.15) is 12.0 Å². The third-order valence-corrected chi connectivity index (χ3v) is 2.57. The molecule has 0 saturated carbocycles. The van der Waals surface area contributed by atoms with Crippen LogP contribution in [-0.4, -0.2) is 22.9 Å². The van der Waals surface area contributed by atoms with Gasteiger partial charge in [0, 0.05) is 10.2 Å². The van der Waals surface area contributed by atoms with Crippen LogP contribution in [0.4, 0.5) is 0 Å². The van der Waals surface area contributed by atoms with E-state index < -0.39 is 6.10 Å². The van der Waals surface area contributed by atoms with Crippen molar-refractivity contribution in [1.29, 1.82) is 0 Å². The molecule has 0 aliphatic heterocycles. The fourth-order valence-electron chi connectivity index (χ4n) is 1.14. The molecule has 72 valence electrons. The largest absolute Gasteiger partial charge is 0.396 e. The van der Waals surface area contributed by atoms with Gasteiger partial charge in [0.05, 0.1) is 6.10 Å². The van der Waals surface area contributed by atoms with Gasteiger partial charge >= 0.3 is 0 Å². The van der Waals surface area contributed by atoms with Gasteiger partial charge in [-0.25, -0.2) is 0 Å². The van der Waals surface area contributed by atoms with Gasteiger partial charge in [0.1, 0.15) is 0 Å². The van der Waals surface area contributed by atoms with Crippen LogP contribution < -0.4 is 0 Å². The predicted octanol–water partition coefficient (Wildman–Crippen LogP) is 1.58. The van der Waals surface area contributed by atoms with Gasteiger partial charge in [0.15, 0.2) is 0 Å². The first-order chi connectivity index (χ1) is 6.22. The van der Waals surface area contributed by atoms with Crippen molar-refractivity contribution in [2.75, 3.05) is 6.61 Å². The van der Waals surface area contributed by atoms with Crippen LogP contribution in [0, 0.1) is 3.57 Å². The Balaban J connectivity index is 2.49. The number of aliphatic hydroxyl groups is 2. The van der Waals surface area contributed by atoms with Crippen molar-refractivity contribution in [2.45, 2.75) is 18.9 Å². The van der Waals surface area contributed by atoms with Crippen molar-refractivity contribution >= 4 is 22.6 Å². The molecule has 0 heterocycles. The third-order valence-electron chi connectivity index (χ3n) is 1.85. The SMILES string of the molecule is OCCC(O)Cc1ccc(I)cc1. The zero-order valence-electron chi connectivity index (χ0n) is 7.28. The number of hydrogen-bond donors (Lipinski definition) is 2. The molecule has 13 heavy (non-hydrogen) atoms. The lowest BCUT2D eigenvalue weighted by molar-refractivity contribution is 0.133. The van der Waals surface area contributed by atoms with Gasteiger partial charge in [-0.3, -0.25) is 0 Å². The summed E-state index contributed by atoms with van der Waals surface area (Å²) in [7, 11) is 0. The summed E-state index contributed by atoms with van der Waals surface area (Å²) in [6.45, 7) is 0.0472. The van der Waals surface area contributed by atoms with Crippen LogP contribution in [0.25, 0.3) is 0 Å². The first-order valence-electron chi connectivity index (χ1n) is 4.25. The summed E-state index contributed by atoms with van der Waals surface area (Å²) in [5.74, 6) is 0. The Morgan fingerprint density at radius 1 is 1.23 bits per heavy atom. The van der Waals surface area contributed by atoms with E-state index in [9.17, 15) is 5.11 Å². The number of benzene rings is 1. The van der Waals surface area contributed by atoms with Gasteiger partial charge in [-0.1, -0.05) is 12.1 Å². The van der Waals surface area contributed by atoms with E-state index in [0.717, 1.165) is 5.56 Å². The lowest BCUT2D eigenvalue weighted by atomic mass is 10.1. The second kappa shape index (κ2) is 5.57. The smallest absolute Gasteiger partial charge is 0.0602 e. The number of hydrogen-bond acceptors (Lipinski definition) is 2. The summed E-state index contributed by atoms with van der Waals surface area (Å²) >= 11 is 2.24. The maximum atomic E-state index is 9.41. The summed E-state index contributed by atoms with van der Waals surface area (Å²) in [6, 6.07) is 8.04. The highest BCUT2D eigenvalue weighted by atomic mass is 127. The Morgan fingerprint density at radius 2 is 1.85 bits per heavy atom. The Labute approximate surface area is 91.7 Å². The van der Waals surface area contributed by atoms with Crippen LogP contribution in [0.3, 0.4) is 0 Å². The molecule has 0 spiro atoms. The van der Waals surface area contributed by atoms with Gasteiger partial charge in [-0.15, -0.1) is 0 Å². The van der Waals surface area contributed by atoms with Crippen molar-refractivity contribution in [3.8, 4) is 0 Å². The molecule has 3 heteroatoms. The average molecular weight is 292 g/mol. The summed E-state index contributed by atoms with van der Waals surface area (Å²) in [4.78, 5) is 0. The number of halogens is 1. The van der Waals surface area contributed by atoms with E-state index >= 15 is 0 Å². The van der Waals surface area contributed by atoms with E-state index in [1.54, 1.807) is 0 Å². The molecule has 0 radical (unpaired) electrons. The molecular formula is C10H13IO2.